The van der Waals surface area contributed by atoms with Gasteiger partial charge in [0.15, 0.2) is 0 Å². The molecule has 5 nitrogen and oxygen atoms in total. The molecule has 0 heterocycles. The number of ether oxygens (including phenoxy) is 1. The number of hydrogen-bond donors (Lipinski definition) is 3. The van der Waals surface area contributed by atoms with E-state index in [2.05, 4.69) is 6.07 Å². The molecule has 0 spiro atoms. The van der Waals surface area contributed by atoms with E-state index in [0.29, 0.717) is 27.9 Å². The topological polar surface area (TPSA) is 102 Å². The molecule has 0 bridgehead atoms. The van der Waals surface area contributed by atoms with Crippen LogP contribution in [0.5, 0.6) is 0 Å². The Labute approximate surface area is 116 Å². The van der Waals surface area contributed by atoms with Gasteiger partial charge in [-0.15, -0.1) is 0 Å². The number of nitrogens with one attached hydrogen (secondary N) is 1. The number of carbonyl (C=O) groups is 1. The molecule has 101 valence electrons. The number of nitrogens with two attached hydrogens (primary N) is 2. The molecule has 0 atom stereocenters. The third-order valence-electron chi connectivity index (χ3n) is 2.81. The highest BCUT2D eigenvalue weighted by molar-refractivity contribution is 6.02. The molecule has 0 amide bonds. The minimum absolute atomic E-state index is 0.0948. The summed E-state index contributed by atoms with van der Waals surface area (Å²) in [5.41, 5.74) is 14.0. The van der Waals surface area contributed by atoms with Crippen LogP contribution >= 0.6 is 0 Å². The number of methoxy groups -OCH3 is 1. The normalized spacial score (nSPS) is 10.1. The first-order chi connectivity index (χ1) is 9.52. The smallest absolute Gasteiger partial charge is 0.337 e. The Morgan fingerprint density at radius 1 is 1.35 bits per heavy atom. The van der Waals surface area contributed by atoms with Crippen LogP contribution in [0.25, 0.3) is 11.1 Å². The summed E-state index contributed by atoms with van der Waals surface area (Å²) in [4.78, 5) is 11.6. The van der Waals surface area contributed by atoms with Crippen molar-refractivity contribution in [2.24, 2.45) is 5.73 Å². The molecule has 0 aliphatic rings. The molecule has 0 aliphatic heterocycles. The number of esters is 1. The quantitative estimate of drug-likeness (QED) is 0.342. The summed E-state index contributed by atoms with van der Waals surface area (Å²) in [5, 5.41) is 7.58. The standard InChI is InChI=1S/C15H14N3O2/c1-20-15(19)10-6-9(7-11(16)8-10)12-4-2-3-5-13(12)14(17)18/h2-4,6-8H,16H2,1H3,(H3,17,18). The summed E-state index contributed by atoms with van der Waals surface area (Å²) in [6.07, 6.45) is 0. The largest absolute Gasteiger partial charge is 0.465 e. The molecule has 5 N–H and O–H groups in total. The first kappa shape index (κ1) is 13.6. The molecule has 0 saturated carbocycles. The summed E-state index contributed by atoms with van der Waals surface area (Å²) in [6.45, 7) is 0. The first-order valence-corrected chi connectivity index (χ1v) is 5.87. The van der Waals surface area contributed by atoms with Crippen LogP contribution in [0.1, 0.15) is 15.9 Å². The van der Waals surface area contributed by atoms with Crippen LogP contribution in [-0.2, 0) is 4.74 Å². The van der Waals surface area contributed by atoms with E-state index in [1.165, 1.54) is 13.2 Å². The lowest BCUT2D eigenvalue weighted by Gasteiger charge is -2.10. The number of anilines is 1. The lowest BCUT2D eigenvalue weighted by molar-refractivity contribution is 0.0601. The van der Waals surface area contributed by atoms with Crippen molar-refractivity contribution >= 4 is 17.5 Å². The van der Waals surface area contributed by atoms with Gasteiger partial charge in [0.25, 0.3) is 0 Å². The van der Waals surface area contributed by atoms with E-state index >= 15 is 0 Å². The minimum atomic E-state index is -0.470. The fourth-order valence-corrected chi connectivity index (χ4v) is 1.94. The maximum Gasteiger partial charge on any atom is 0.337 e. The van der Waals surface area contributed by atoms with E-state index in [1.54, 1.807) is 30.3 Å². The van der Waals surface area contributed by atoms with Crippen LogP contribution in [0.15, 0.2) is 36.4 Å². The van der Waals surface area contributed by atoms with Crippen LogP contribution in [0.4, 0.5) is 5.69 Å². The van der Waals surface area contributed by atoms with Gasteiger partial charge >= 0.3 is 5.97 Å². The summed E-state index contributed by atoms with van der Waals surface area (Å²) >= 11 is 0. The zero-order valence-corrected chi connectivity index (χ0v) is 10.9. The number of amidine groups is 1. The van der Waals surface area contributed by atoms with Crippen LogP contribution in [0.3, 0.4) is 0 Å². The van der Waals surface area contributed by atoms with Crippen molar-refractivity contribution in [3.05, 3.63) is 53.6 Å². The molecule has 0 aliphatic carbocycles. The van der Waals surface area contributed by atoms with Gasteiger partial charge in [0.2, 0.25) is 0 Å². The second kappa shape index (κ2) is 5.44. The number of benzene rings is 2. The van der Waals surface area contributed by atoms with Gasteiger partial charge < -0.3 is 16.2 Å². The first-order valence-electron chi connectivity index (χ1n) is 5.87. The Kier molecular flexibility index (Phi) is 3.70. The van der Waals surface area contributed by atoms with E-state index in [0.717, 1.165) is 0 Å². The minimum Gasteiger partial charge on any atom is -0.465 e. The van der Waals surface area contributed by atoms with Crippen molar-refractivity contribution in [2.75, 3.05) is 12.8 Å². The molecule has 0 saturated heterocycles. The van der Waals surface area contributed by atoms with Gasteiger partial charge in [0.05, 0.1) is 12.7 Å². The SMILES string of the molecule is COC(=O)c1cc(N)cc(-c2ccc[c]c2C(=N)N)c1. The van der Waals surface area contributed by atoms with E-state index in [1.807, 2.05) is 0 Å². The zero-order valence-electron chi connectivity index (χ0n) is 10.9. The molecule has 0 fully saturated rings. The van der Waals surface area contributed by atoms with Crippen LogP contribution in [-0.4, -0.2) is 18.9 Å². The summed E-state index contributed by atoms with van der Waals surface area (Å²) in [6, 6.07) is 13.1. The van der Waals surface area contributed by atoms with E-state index in [-0.39, 0.29) is 5.84 Å². The Hall–Kier alpha value is -2.82. The molecule has 2 rings (SSSR count). The maximum atomic E-state index is 11.6. The summed E-state index contributed by atoms with van der Waals surface area (Å²) in [5.74, 6) is -0.564. The number of rotatable bonds is 3. The third-order valence-corrected chi connectivity index (χ3v) is 2.81. The number of carbonyl (C=O) groups excluding carboxylic acids is 1. The van der Waals surface area contributed by atoms with Crippen molar-refractivity contribution in [3.8, 4) is 11.1 Å². The molecular weight excluding hydrogens is 254 g/mol. The van der Waals surface area contributed by atoms with Crippen molar-refractivity contribution in [2.45, 2.75) is 0 Å². The highest BCUT2D eigenvalue weighted by Gasteiger charge is 2.12. The van der Waals surface area contributed by atoms with E-state index in [9.17, 15) is 4.79 Å². The summed E-state index contributed by atoms with van der Waals surface area (Å²) in [7, 11) is 1.31. The third kappa shape index (κ3) is 2.61. The van der Waals surface area contributed by atoms with E-state index in [4.69, 9.17) is 21.6 Å². The van der Waals surface area contributed by atoms with E-state index < -0.39 is 5.97 Å². The molecule has 0 aromatic heterocycles. The van der Waals surface area contributed by atoms with Crippen LogP contribution in [0, 0.1) is 11.5 Å². The van der Waals surface area contributed by atoms with Gasteiger partial charge in [-0.3, -0.25) is 5.41 Å². The second-order valence-electron chi connectivity index (χ2n) is 4.21. The Balaban J connectivity index is 2.61. The monoisotopic (exact) mass is 268 g/mol. The molecule has 5 heteroatoms. The van der Waals surface area contributed by atoms with Crippen LogP contribution in [0.2, 0.25) is 0 Å². The number of hydrogen-bond acceptors (Lipinski definition) is 4. The molecule has 1 radical (unpaired) electrons. The van der Waals surface area contributed by atoms with Gasteiger partial charge in [-0.05, 0) is 35.4 Å². The average Bonchev–Trinajstić information content (AvgIpc) is 2.45. The highest BCUT2D eigenvalue weighted by Crippen LogP contribution is 2.26. The van der Waals surface area contributed by atoms with Gasteiger partial charge in [-0.2, -0.15) is 0 Å². The predicted octanol–water partition coefficient (Wildman–Crippen LogP) is 1.81. The predicted molar refractivity (Wildman–Crippen MR) is 77.5 cm³/mol. The molecule has 2 aromatic rings. The molecule has 0 unspecified atom stereocenters. The fraction of sp³-hybridized carbons (Fsp3) is 0.0667. The van der Waals surface area contributed by atoms with Crippen molar-refractivity contribution in [1.29, 1.82) is 5.41 Å². The fourth-order valence-electron chi connectivity index (χ4n) is 1.94. The number of nitrogen functional groups attached to an aromatic ring is 2. The highest BCUT2D eigenvalue weighted by atomic mass is 16.5. The Bertz CT molecular complexity index is 681. The van der Waals surface area contributed by atoms with Crippen molar-refractivity contribution in [3.63, 3.8) is 0 Å². The van der Waals surface area contributed by atoms with Gasteiger partial charge in [-0.1, -0.05) is 18.2 Å². The van der Waals surface area contributed by atoms with Crippen LogP contribution < -0.4 is 11.5 Å². The van der Waals surface area contributed by atoms with Crippen molar-refractivity contribution < 1.29 is 9.53 Å². The Morgan fingerprint density at radius 2 is 2.10 bits per heavy atom. The molecular formula is C15H14N3O2. The maximum absolute atomic E-state index is 11.6. The van der Waals surface area contributed by atoms with Gasteiger partial charge in [0.1, 0.15) is 5.84 Å². The van der Waals surface area contributed by atoms with Crippen molar-refractivity contribution in [1.82, 2.24) is 0 Å². The lowest BCUT2D eigenvalue weighted by atomic mass is 9.97. The Morgan fingerprint density at radius 3 is 2.75 bits per heavy atom. The second-order valence-corrected chi connectivity index (χ2v) is 4.21. The molecule has 2 aromatic carbocycles. The van der Waals surface area contributed by atoms with Gasteiger partial charge in [0, 0.05) is 11.3 Å². The zero-order chi connectivity index (χ0) is 14.7. The molecule has 20 heavy (non-hydrogen) atoms. The average molecular weight is 268 g/mol. The lowest BCUT2D eigenvalue weighted by Crippen LogP contribution is -2.12. The van der Waals surface area contributed by atoms with Gasteiger partial charge in [-0.25, -0.2) is 4.79 Å². The summed E-state index contributed by atoms with van der Waals surface area (Å²) < 4.78 is 4.69.